The van der Waals surface area contributed by atoms with Crippen LogP contribution in [0, 0.1) is 0 Å². The molecule has 2 aliphatic rings. The molecule has 10 rings (SSSR count). The molecule has 8 aromatic rings. The highest BCUT2D eigenvalue weighted by Crippen LogP contribution is 2.62. The Kier molecular flexibility index (Phi) is 5.10. The minimum Gasteiger partial charge on any atom is -0.455 e. The minimum absolute atomic E-state index is 0.0157. The summed E-state index contributed by atoms with van der Waals surface area (Å²) in [7, 11) is 0. The minimum atomic E-state index is -0.468. The van der Waals surface area contributed by atoms with Crippen molar-refractivity contribution in [2.24, 2.45) is 0 Å². The summed E-state index contributed by atoms with van der Waals surface area (Å²) in [5, 5.41) is 2.20. The monoisotopic (exact) mass is 586 g/mol. The first-order valence-corrected chi connectivity index (χ1v) is 15.7. The second-order valence-corrected chi connectivity index (χ2v) is 12.3. The number of hydrogen-bond donors (Lipinski definition) is 0. The van der Waals surface area contributed by atoms with E-state index in [1.54, 1.807) is 0 Å². The quantitative estimate of drug-likeness (QED) is 0.193. The highest BCUT2D eigenvalue weighted by molar-refractivity contribution is 6.11. The van der Waals surface area contributed by atoms with Crippen molar-refractivity contribution in [3.63, 3.8) is 0 Å². The zero-order valence-electron chi connectivity index (χ0n) is 24.8. The Balaban J connectivity index is 1.10. The topological polar surface area (TPSA) is 30.2 Å². The van der Waals surface area contributed by atoms with Crippen LogP contribution in [0.25, 0.3) is 55.3 Å². The molecule has 2 nitrogen and oxygen atoms in total. The van der Waals surface area contributed by atoms with Crippen LogP contribution in [0.15, 0.2) is 162 Å². The first-order chi connectivity index (χ1) is 22.7. The van der Waals surface area contributed by atoms with Crippen molar-refractivity contribution in [3.05, 3.63) is 191 Å². The third-order valence-electron chi connectivity index (χ3n) is 10.1. The predicted molar refractivity (Wildman–Crippen MR) is 185 cm³/mol. The first kappa shape index (κ1) is 25.3. The maximum absolute atomic E-state index is 14.2. The summed E-state index contributed by atoms with van der Waals surface area (Å²) in [5.41, 5.74) is 14.6. The molecule has 0 atom stereocenters. The second-order valence-electron chi connectivity index (χ2n) is 12.3. The van der Waals surface area contributed by atoms with Gasteiger partial charge in [-0.05, 0) is 62.2 Å². The fourth-order valence-electron chi connectivity index (χ4n) is 8.18. The molecular formula is C44H26O2. The van der Waals surface area contributed by atoms with E-state index in [9.17, 15) is 4.79 Å². The van der Waals surface area contributed by atoms with E-state index in [2.05, 4.69) is 109 Å². The summed E-state index contributed by atoms with van der Waals surface area (Å²) in [6.07, 6.45) is 0. The number of rotatable bonds is 3. The van der Waals surface area contributed by atoms with Gasteiger partial charge in [0.1, 0.15) is 11.2 Å². The number of benzene rings is 7. The van der Waals surface area contributed by atoms with Gasteiger partial charge in [-0.3, -0.25) is 4.79 Å². The molecule has 0 radical (unpaired) electrons. The summed E-state index contributed by atoms with van der Waals surface area (Å²) in [4.78, 5) is 14.2. The Bertz CT molecular complexity index is 2480. The summed E-state index contributed by atoms with van der Waals surface area (Å²) in [6, 6.07) is 54.8. The Morgan fingerprint density at radius 2 is 0.957 bits per heavy atom. The highest BCUT2D eigenvalue weighted by Gasteiger charge is 2.51. The summed E-state index contributed by atoms with van der Waals surface area (Å²) in [5.74, 6) is 0.0157. The molecule has 1 heterocycles. The van der Waals surface area contributed by atoms with Gasteiger partial charge in [-0.2, -0.15) is 0 Å². The molecule has 214 valence electrons. The third-order valence-corrected chi connectivity index (χ3v) is 10.1. The van der Waals surface area contributed by atoms with Gasteiger partial charge < -0.3 is 4.42 Å². The van der Waals surface area contributed by atoms with Crippen molar-refractivity contribution < 1.29 is 9.21 Å². The number of fused-ring (bicyclic) bond motifs is 13. The van der Waals surface area contributed by atoms with Crippen molar-refractivity contribution in [1.29, 1.82) is 0 Å². The lowest BCUT2D eigenvalue weighted by Crippen LogP contribution is -2.26. The Morgan fingerprint density at radius 1 is 0.435 bits per heavy atom. The van der Waals surface area contributed by atoms with Gasteiger partial charge in [-0.1, -0.05) is 146 Å². The lowest BCUT2D eigenvalue weighted by molar-refractivity contribution is 0.103. The van der Waals surface area contributed by atoms with Crippen LogP contribution in [0.1, 0.15) is 38.2 Å². The molecule has 0 amide bonds. The van der Waals surface area contributed by atoms with Gasteiger partial charge in [0.2, 0.25) is 0 Å². The second kappa shape index (κ2) is 9.26. The van der Waals surface area contributed by atoms with Crippen LogP contribution >= 0.6 is 0 Å². The van der Waals surface area contributed by atoms with Gasteiger partial charge in [0.25, 0.3) is 0 Å². The molecule has 0 bridgehead atoms. The molecule has 0 fully saturated rings. The molecular weight excluding hydrogens is 560 g/mol. The standard InChI is InChI=1S/C44H26O2/c45-42(28-22-20-27(21-23-28)30-14-9-15-36-35-13-4-8-19-41(35)46-43(30)36)29-24-25-34-33-12-3-7-18-39(33)44(40(34)26-29)37-16-5-1-10-31(37)32-11-2-6-17-38(32)44/h1-26H. The normalized spacial score (nSPS) is 13.5. The van der Waals surface area contributed by atoms with E-state index in [1.165, 1.54) is 44.5 Å². The highest BCUT2D eigenvalue weighted by atomic mass is 16.3. The molecule has 0 saturated heterocycles. The molecule has 1 aromatic heterocycles. The van der Waals surface area contributed by atoms with Crippen molar-refractivity contribution >= 4 is 27.7 Å². The number of furan rings is 1. The smallest absolute Gasteiger partial charge is 0.193 e. The largest absolute Gasteiger partial charge is 0.455 e. The van der Waals surface area contributed by atoms with E-state index in [4.69, 9.17) is 4.42 Å². The van der Waals surface area contributed by atoms with Crippen LogP contribution in [0.5, 0.6) is 0 Å². The molecule has 2 heteroatoms. The summed E-state index contributed by atoms with van der Waals surface area (Å²) >= 11 is 0. The van der Waals surface area contributed by atoms with Crippen molar-refractivity contribution in [2.45, 2.75) is 5.41 Å². The Morgan fingerprint density at radius 3 is 1.63 bits per heavy atom. The van der Waals surface area contributed by atoms with Gasteiger partial charge in [0.15, 0.2) is 5.78 Å². The summed E-state index contributed by atoms with van der Waals surface area (Å²) in [6.45, 7) is 0. The van der Waals surface area contributed by atoms with Crippen LogP contribution < -0.4 is 0 Å². The molecule has 0 aliphatic heterocycles. The average Bonchev–Trinajstić information content (AvgIpc) is 3.75. The molecule has 46 heavy (non-hydrogen) atoms. The SMILES string of the molecule is O=C(c1ccc(-c2cccc3c2oc2ccccc23)cc1)c1ccc2c(c1)C1(c3ccccc3-c3ccccc31)c1ccccc1-2. The number of hydrogen-bond acceptors (Lipinski definition) is 2. The number of ketones is 1. The molecule has 7 aromatic carbocycles. The maximum atomic E-state index is 14.2. The Labute approximate surface area is 266 Å². The lowest BCUT2D eigenvalue weighted by atomic mass is 9.70. The van der Waals surface area contributed by atoms with Crippen molar-refractivity contribution in [2.75, 3.05) is 0 Å². The van der Waals surface area contributed by atoms with Gasteiger partial charge in [-0.25, -0.2) is 0 Å². The van der Waals surface area contributed by atoms with Crippen LogP contribution in [0.3, 0.4) is 0 Å². The summed E-state index contributed by atoms with van der Waals surface area (Å²) < 4.78 is 6.28. The van der Waals surface area contributed by atoms with Gasteiger partial charge >= 0.3 is 0 Å². The molecule has 0 unspecified atom stereocenters. The van der Waals surface area contributed by atoms with Gasteiger partial charge in [-0.15, -0.1) is 0 Å². The number of para-hydroxylation sites is 2. The number of carbonyl (C=O) groups is 1. The third kappa shape index (κ3) is 3.23. The van der Waals surface area contributed by atoms with Crippen molar-refractivity contribution in [1.82, 2.24) is 0 Å². The first-order valence-electron chi connectivity index (χ1n) is 15.7. The fourth-order valence-corrected chi connectivity index (χ4v) is 8.18. The van der Waals surface area contributed by atoms with Crippen LogP contribution in [-0.4, -0.2) is 5.78 Å². The molecule has 1 spiro atoms. The van der Waals surface area contributed by atoms with E-state index < -0.39 is 5.41 Å². The number of carbonyl (C=O) groups excluding carboxylic acids is 1. The van der Waals surface area contributed by atoms with Crippen LogP contribution in [0.4, 0.5) is 0 Å². The zero-order valence-corrected chi connectivity index (χ0v) is 24.8. The average molecular weight is 587 g/mol. The Hall–Kier alpha value is -5.99. The molecule has 0 saturated carbocycles. The lowest BCUT2D eigenvalue weighted by Gasteiger charge is -2.30. The van der Waals surface area contributed by atoms with E-state index in [-0.39, 0.29) is 5.78 Å². The molecule has 2 aliphatic carbocycles. The van der Waals surface area contributed by atoms with Gasteiger partial charge in [0, 0.05) is 27.5 Å². The van der Waals surface area contributed by atoms with E-state index in [1.807, 2.05) is 48.5 Å². The zero-order chi connectivity index (χ0) is 30.4. The van der Waals surface area contributed by atoms with E-state index in [0.717, 1.165) is 33.1 Å². The fraction of sp³-hybridized carbons (Fsp3) is 0.0227. The van der Waals surface area contributed by atoms with E-state index in [0.29, 0.717) is 11.1 Å². The van der Waals surface area contributed by atoms with E-state index >= 15 is 0 Å². The van der Waals surface area contributed by atoms with Crippen LogP contribution in [0.2, 0.25) is 0 Å². The van der Waals surface area contributed by atoms with Gasteiger partial charge in [0.05, 0.1) is 5.41 Å². The van der Waals surface area contributed by atoms with Crippen molar-refractivity contribution in [3.8, 4) is 33.4 Å². The maximum Gasteiger partial charge on any atom is 0.193 e. The predicted octanol–water partition coefficient (Wildman–Crippen LogP) is 10.8. The molecule has 0 N–H and O–H groups in total. The van der Waals surface area contributed by atoms with Crippen LogP contribution in [-0.2, 0) is 5.41 Å².